The third-order valence-electron chi connectivity index (χ3n) is 2.95. The van der Waals surface area contributed by atoms with Crippen molar-refractivity contribution in [1.82, 2.24) is 10.9 Å². The van der Waals surface area contributed by atoms with Gasteiger partial charge >= 0.3 is 0 Å². The van der Waals surface area contributed by atoms with Gasteiger partial charge in [-0.05, 0) is 36.4 Å². The van der Waals surface area contributed by atoms with Crippen LogP contribution >= 0.6 is 0 Å². The Hall–Kier alpha value is -3.22. The number of hydrogen-bond acceptors (Lipinski definition) is 5. The van der Waals surface area contributed by atoms with E-state index in [0.29, 0.717) is 17.2 Å². The summed E-state index contributed by atoms with van der Waals surface area (Å²) < 4.78 is 10.3. The van der Waals surface area contributed by atoms with E-state index in [9.17, 15) is 9.59 Å². The molecule has 120 valence electrons. The molecule has 2 aromatic rings. The molecule has 2 aromatic carbocycles. The number of nitrogen functional groups attached to an aromatic ring is 1. The Bertz CT molecular complexity index is 686. The molecule has 0 unspecified atom stereocenters. The number of hydrazine groups is 1. The number of benzene rings is 2. The zero-order valence-electron chi connectivity index (χ0n) is 12.5. The average Bonchev–Trinajstić information content (AvgIpc) is 2.58. The number of amides is 2. The molecule has 0 heterocycles. The zero-order valence-corrected chi connectivity index (χ0v) is 12.5. The number of ether oxygens (including phenoxy) is 2. The summed E-state index contributed by atoms with van der Waals surface area (Å²) in [5, 5.41) is 0. The molecular formula is C16H17N3O4. The molecule has 0 aliphatic rings. The van der Waals surface area contributed by atoms with Crippen molar-refractivity contribution in [3.05, 3.63) is 54.1 Å². The van der Waals surface area contributed by atoms with Crippen LogP contribution in [-0.4, -0.2) is 25.5 Å². The van der Waals surface area contributed by atoms with Crippen molar-refractivity contribution in [3.63, 3.8) is 0 Å². The maximum absolute atomic E-state index is 11.9. The van der Waals surface area contributed by atoms with Crippen molar-refractivity contribution >= 4 is 17.5 Å². The van der Waals surface area contributed by atoms with Gasteiger partial charge in [0.15, 0.2) is 6.61 Å². The molecule has 4 N–H and O–H groups in total. The van der Waals surface area contributed by atoms with Gasteiger partial charge in [-0.15, -0.1) is 0 Å². The molecule has 0 spiro atoms. The molecule has 0 saturated carbocycles. The summed E-state index contributed by atoms with van der Waals surface area (Å²) in [6.07, 6.45) is 0. The number of rotatable bonds is 5. The number of nitrogens with two attached hydrogens (primary N) is 1. The maximum atomic E-state index is 11.9. The maximum Gasteiger partial charge on any atom is 0.276 e. The molecule has 23 heavy (non-hydrogen) atoms. The third-order valence-corrected chi connectivity index (χ3v) is 2.95. The van der Waals surface area contributed by atoms with Crippen molar-refractivity contribution in [3.8, 4) is 11.5 Å². The number of carbonyl (C=O) groups excluding carboxylic acids is 2. The molecule has 0 aliphatic heterocycles. The molecular weight excluding hydrogens is 298 g/mol. The number of nitrogens with one attached hydrogen (secondary N) is 2. The molecule has 2 amide bonds. The van der Waals surface area contributed by atoms with Gasteiger partial charge in [-0.3, -0.25) is 20.4 Å². The zero-order chi connectivity index (χ0) is 16.7. The first-order valence-electron chi connectivity index (χ1n) is 6.80. The molecule has 0 bridgehead atoms. The highest BCUT2D eigenvalue weighted by Crippen LogP contribution is 2.16. The smallest absolute Gasteiger partial charge is 0.276 e. The second kappa shape index (κ2) is 7.69. The fourth-order valence-electron chi connectivity index (χ4n) is 1.75. The van der Waals surface area contributed by atoms with E-state index >= 15 is 0 Å². The molecule has 0 saturated heterocycles. The van der Waals surface area contributed by atoms with Gasteiger partial charge in [-0.1, -0.05) is 12.1 Å². The van der Waals surface area contributed by atoms with Crippen molar-refractivity contribution in [2.24, 2.45) is 0 Å². The predicted octanol–water partition coefficient (Wildman–Crippen LogP) is 1.12. The molecule has 0 aromatic heterocycles. The largest absolute Gasteiger partial charge is 0.497 e. The van der Waals surface area contributed by atoms with E-state index in [1.807, 2.05) is 0 Å². The number of hydrogen-bond donors (Lipinski definition) is 3. The molecule has 2 rings (SSSR count). The summed E-state index contributed by atoms with van der Waals surface area (Å²) in [5.41, 5.74) is 10.8. The Morgan fingerprint density at radius 1 is 1.00 bits per heavy atom. The van der Waals surface area contributed by atoms with Gasteiger partial charge in [-0.2, -0.15) is 0 Å². The minimum absolute atomic E-state index is 0.239. The summed E-state index contributed by atoms with van der Waals surface area (Å²) in [5.74, 6) is 0.207. The highest BCUT2D eigenvalue weighted by Gasteiger charge is 2.10. The Morgan fingerprint density at radius 2 is 1.65 bits per heavy atom. The molecule has 0 radical (unpaired) electrons. The Morgan fingerprint density at radius 3 is 2.30 bits per heavy atom. The van der Waals surface area contributed by atoms with E-state index in [4.69, 9.17) is 15.2 Å². The van der Waals surface area contributed by atoms with Gasteiger partial charge in [-0.25, -0.2) is 0 Å². The Labute approximate surface area is 133 Å². The van der Waals surface area contributed by atoms with Crippen molar-refractivity contribution in [2.75, 3.05) is 19.5 Å². The fraction of sp³-hybridized carbons (Fsp3) is 0.125. The third kappa shape index (κ3) is 4.63. The summed E-state index contributed by atoms with van der Waals surface area (Å²) in [6.45, 7) is -0.239. The van der Waals surface area contributed by atoms with Crippen LogP contribution in [0, 0.1) is 0 Å². The number of para-hydroxylation sites is 1. The lowest BCUT2D eigenvalue weighted by Gasteiger charge is -2.10. The number of carbonyl (C=O) groups is 2. The summed E-state index contributed by atoms with van der Waals surface area (Å²) in [4.78, 5) is 23.5. The molecule has 0 aliphatic carbocycles. The summed E-state index contributed by atoms with van der Waals surface area (Å²) in [6, 6.07) is 13.3. The van der Waals surface area contributed by atoms with Crippen LogP contribution in [0.2, 0.25) is 0 Å². The van der Waals surface area contributed by atoms with Crippen LogP contribution in [0.4, 0.5) is 5.69 Å². The SMILES string of the molecule is COc1ccc(OCC(=O)NNC(=O)c2ccccc2N)cc1. The van der Waals surface area contributed by atoms with Gasteiger partial charge in [0.2, 0.25) is 0 Å². The molecule has 7 heteroatoms. The van der Waals surface area contributed by atoms with Crippen LogP contribution in [0.1, 0.15) is 10.4 Å². The van der Waals surface area contributed by atoms with Crippen molar-refractivity contribution in [1.29, 1.82) is 0 Å². The van der Waals surface area contributed by atoms with Gasteiger partial charge < -0.3 is 15.2 Å². The topological polar surface area (TPSA) is 103 Å². The first kappa shape index (κ1) is 16.2. The Kier molecular flexibility index (Phi) is 5.40. The first-order valence-corrected chi connectivity index (χ1v) is 6.80. The molecule has 0 fully saturated rings. The van der Waals surface area contributed by atoms with Crippen LogP contribution in [0.15, 0.2) is 48.5 Å². The average molecular weight is 315 g/mol. The highest BCUT2D eigenvalue weighted by molar-refractivity contribution is 5.99. The van der Waals surface area contributed by atoms with Crippen molar-refractivity contribution < 1.29 is 19.1 Å². The normalized spacial score (nSPS) is 9.78. The Balaban J connectivity index is 1.78. The highest BCUT2D eigenvalue weighted by atomic mass is 16.5. The molecule has 0 atom stereocenters. The van der Waals surface area contributed by atoms with Crippen LogP contribution in [0.25, 0.3) is 0 Å². The number of anilines is 1. The van der Waals surface area contributed by atoms with Crippen LogP contribution in [-0.2, 0) is 4.79 Å². The fourth-order valence-corrected chi connectivity index (χ4v) is 1.75. The predicted molar refractivity (Wildman–Crippen MR) is 85.0 cm³/mol. The van der Waals surface area contributed by atoms with Gasteiger partial charge in [0.1, 0.15) is 11.5 Å². The monoisotopic (exact) mass is 315 g/mol. The van der Waals surface area contributed by atoms with Gasteiger partial charge in [0.05, 0.1) is 12.7 Å². The van der Waals surface area contributed by atoms with E-state index in [-0.39, 0.29) is 12.2 Å². The van der Waals surface area contributed by atoms with Crippen LogP contribution in [0.5, 0.6) is 11.5 Å². The number of methoxy groups -OCH3 is 1. The quantitative estimate of drug-likeness (QED) is 0.567. The van der Waals surface area contributed by atoms with Crippen LogP contribution < -0.4 is 26.1 Å². The minimum atomic E-state index is -0.499. The lowest BCUT2D eigenvalue weighted by molar-refractivity contribution is -0.123. The van der Waals surface area contributed by atoms with E-state index in [1.165, 1.54) is 0 Å². The van der Waals surface area contributed by atoms with E-state index in [0.717, 1.165) is 0 Å². The standard InChI is InChI=1S/C16H17N3O4/c1-22-11-6-8-12(9-7-11)23-10-15(20)18-19-16(21)13-4-2-3-5-14(13)17/h2-9H,10,17H2,1H3,(H,18,20)(H,19,21). The van der Waals surface area contributed by atoms with E-state index < -0.39 is 11.8 Å². The van der Waals surface area contributed by atoms with Gasteiger partial charge in [0.25, 0.3) is 11.8 Å². The molecule has 7 nitrogen and oxygen atoms in total. The van der Waals surface area contributed by atoms with E-state index in [2.05, 4.69) is 10.9 Å². The lowest BCUT2D eigenvalue weighted by atomic mass is 10.2. The minimum Gasteiger partial charge on any atom is -0.497 e. The lowest BCUT2D eigenvalue weighted by Crippen LogP contribution is -2.44. The van der Waals surface area contributed by atoms with E-state index in [1.54, 1.807) is 55.6 Å². The second-order valence-corrected chi connectivity index (χ2v) is 4.55. The van der Waals surface area contributed by atoms with Crippen molar-refractivity contribution in [2.45, 2.75) is 0 Å². The summed E-state index contributed by atoms with van der Waals surface area (Å²) >= 11 is 0. The first-order chi connectivity index (χ1) is 11.1. The summed E-state index contributed by atoms with van der Waals surface area (Å²) in [7, 11) is 1.56. The van der Waals surface area contributed by atoms with Gasteiger partial charge in [0, 0.05) is 5.69 Å². The van der Waals surface area contributed by atoms with Crippen LogP contribution in [0.3, 0.4) is 0 Å². The second-order valence-electron chi connectivity index (χ2n) is 4.55.